The van der Waals surface area contributed by atoms with Gasteiger partial charge in [-0.05, 0) is 26.0 Å². The quantitative estimate of drug-likeness (QED) is 0.630. The molecule has 0 amide bonds. The second-order valence-corrected chi connectivity index (χ2v) is 5.30. The minimum Gasteiger partial charge on any atom is -0.480 e. The molecule has 0 aliphatic carbocycles. The predicted octanol–water partition coefficient (Wildman–Crippen LogP) is 2.45. The average Bonchev–Trinajstić information content (AvgIpc) is 2.18. The summed E-state index contributed by atoms with van der Waals surface area (Å²) in [5, 5.41) is 8.93. The first kappa shape index (κ1) is 11.8. The van der Waals surface area contributed by atoms with Gasteiger partial charge in [-0.2, -0.15) is 0 Å². The van der Waals surface area contributed by atoms with Gasteiger partial charge in [0.2, 0.25) is 0 Å². The van der Waals surface area contributed by atoms with Crippen molar-refractivity contribution in [2.24, 2.45) is 0 Å². The number of carbonyl (C=O) groups is 2. The number of thioether (sulfide) groups is 1. The molecule has 15 heavy (non-hydrogen) atoms. The minimum atomic E-state index is -0.858. The third kappa shape index (κ3) is 3.09. The summed E-state index contributed by atoms with van der Waals surface area (Å²) < 4.78 is -0.858. The Kier molecular flexibility index (Phi) is 3.52. The fraction of sp³-hybridized carbons (Fsp3) is 0.273. The monoisotopic (exact) mass is 224 g/mol. The molecule has 4 heteroatoms. The van der Waals surface area contributed by atoms with Crippen LogP contribution in [0, 0.1) is 0 Å². The summed E-state index contributed by atoms with van der Waals surface area (Å²) in [6, 6.07) is 6.85. The van der Waals surface area contributed by atoms with E-state index in [1.54, 1.807) is 38.1 Å². The third-order valence-corrected chi connectivity index (χ3v) is 3.10. The maximum absolute atomic E-state index is 10.9. The summed E-state index contributed by atoms with van der Waals surface area (Å²) in [5.41, 5.74) is 0.590. The van der Waals surface area contributed by atoms with E-state index in [4.69, 9.17) is 5.11 Å². The average molecular weight is 224 g/mol. The van der Waals surface area contributed by atoms with Crippen molar-refractivity contribution in [1.29, 1.82) is 0 Å². The normalized spacial score (nSPS) is 11.1. The van der Waals surface area contributed by atoms with Gasteiger partial charge < -0.3 is 5.11 Å². The van der Waals surface area contributed by atoms with Gasteiger partial charge in [-0.15, -0.1) is 11.8 Å². The van der Waals surface area contributed by atoms with E-state index in [1.165, 1.54) is 11.8 Å². The molecule has 0 spiro atoms. The van der Waals surface area contributed by atoms with Crippen LogP contribution in [0.5, 0.6) is 0 Å². The molecule has 0 atom stereocenters. The van der Waals surface area contributed by atoms with Crippen LogP contribution in [0.15, 0.2) is 29.2 Å². The lowest BCUT2D eigenvalue weighted by Gasteiger charge is -2.18. The van der Waals surface area contributed by atoms with E-state index in [0.717, 1.165) is 11.2 Å². The van der Waals surface area contributed by atoms with Crippen LogP contribution in [0.25, 0.3) is 0 Å². The summed E-state index contributed by atoms with van der Waals surface area (Å²) in [6.45, 7) is 3.29. The van der Waals surface area contributed by atoms with Crippen molar-refractivity contribution in [2.75, 3.05) is 0 Å². The Balaban J connectivity index is 2.81. The van der Waals surface area contributed by atoms with Crippen molar-refractivity contribution in [2.45, 2.75) is 23.5 Å². The van der Waals surface area contributed by atoms with E-state index in [-0.39, 0.29) is 0 Å². The highest BCUT2D eigenvalue weighted by Crippen LogP contribution is 2.32. The fourth-order valence-electron chi connectivity index (χ4n) is 0.953. The molecule has 0 saturated carbocycles. The van der Waals surface area contributed by atoms with E-state index in [9.17, 15) is 9.59 Å². The van der Waals surface area contributed by atoms with Crippen LogP contribution in [0.2, 0.25) is 0 Å². The SMILES string of the molecule is CC(C)(Sc1ccc(C=O)cc1)C(=O)O. The molecular formula is C11H12O3S. The molecule has 0 saturated heterocycles. The Morgan fingerprint density at radius 1 is 1.33 bits per heavy atom. The van der Waals surface area contributed by atoms with Crippen molar-refractivity contribution < 1.29 is 14.7 Å². The number of hydrogen-bond donors (Lipinski definition) is 1. The van der Waals surface area contributed by atoms with Crippen molar-refractivity contribution in [3.05, 3.63) is 29.8 Å². The Labute approximate surface area is 92.5 Å². The molecular weight excluding hydrogens is 212 g/mol. The molecule has 0 unspecified atom stereocenters. The van der Waals surface area contributed by atoms with Gasteiger partial charge >= 0.3 is 5.97 Å². The van der Waals surface area contributed by atoms with Gasteiger partial charge in [0.15, 0.2) is 0 Å². The van der Waals surface area contributed by atoms with Crippen molar-refractivity contribution in [3.8, 4) is 0 Å². The van der Waals surface area contributed by atoms with E-state index in [2.05, 4.69) is 0 Å². The van der Waals surface area contributed by atoms with Crippen LogP contribution >= 0.6 is 11.8 Å². The largest absolute Gasteiger partial charge is 0.480 e. The zero-order chi connectivity index (χ0) is 11.5. The topological polar surface area (TPSA) is 54.4 Å². The highest BCUT2D eigenvalue weighted by atomic mass is 32.2. The highest BCUT2D eigenvalue weighted by Gasteiger charge is 2.28. The van der Waals surface area contributed by atoms with Crippen LogP contribution in [0.3, 0.4) is 0 Å². The first-order valence-corrected chi connectivity index (χ1v) is 5.25. The number of hydrogen-bond acceptors (Lipinski definition) is 3. The zero-order valence-corrected chi connectivity index (χ0v) is 9.38. The third-order valence-electron chi connectivity index (χ3n) is 1.90. The predicted molar refractivity (Wildman–Crippen MR) is 59.4 cm³/mol. The molecule has 0 aliphatic heterocycles. The van der Waals surface area contributed by atoms with Gasteiger partial charge in [-0.25, -0.2) is 0 Å². The minimum absolute atomic E-state index is 0.590. The maximum atomic E-state index is 10.9. The number of carboxylic acids is 1. The van der Waals surface area contributed by atoms with E-state index in [0.29, 0.717) is 5.56 Å². The van der Waals surface area contributed by atoms with Crippen molar-refractivity contribution in [1.82, 2.24) is 0 Å². The van der Waals surface area contributed by atoms with Crippen LogP contribution in [-0.2, 0) is 4.79 Å². The Morgan fingerprint density at radius 3 is 2.27 bits per heavy atom. The molecule has 3 nitrogen and oxygen atoms in total. The standard InChI is InChI=1S/C11H12O3S/c1-11(2,10(13)14)15-9-5-3-8(7-12)4-6-9/h3-7H,1-2H3,(H,13,14). The first-order chi connectivity index (χ1) is 6.95. The van der Waals surface area contributed by atoms with Gasteiger partial charge in [-0.1, -0.05) is 12.1 Å². The molecule has 0 aliphatic rings. The second-order valence-electron chi connectivity index (χ2n) is 3.60. The fourth-order valence-corrected chi connectivity index (χ4v) is 1.90. The van der Waals surface area contributed by atoms with Gasteiger partial charge in [0.05, 0.1) is 0 Å². The number of aldehydes is 1. The van der Waals surface area contributed by atoms with Crippen LogP contribution in [0.4, 0.5) is 0 Å². The molecule has 0 aromatic heterocycles. The molecule has 0 bridgehead atoms. The molecule has 0 heterocycles. The summed E-state index contributed by atoms with van der Waals surface area (Å²) in [5.74, 6) is -0.855. The first-order valence-electron chi connectivity index (χ1n) is 4.43. The van der Waals surface area contributed by atoms with Crippen LogP contribution < -0.4 is 0 Å². The Bertz CT molecular complexity index is 368. The van der Waals surface area contributed by atoms with Gasteiger partial charge in [0, 0.05) is 10.5 Å². The van der Waals surface area contributed by atoms with E-state index in [1.807, 2.05) is 0 Å². The molecule has 80 valence electrons. The number of carboxylic acid groups (broad SMARTS) is 1. The summed E-state index contributed by atoms with van der Waals surface area (Å²) in [7, 11) is 0. The molecule has 1 aromatic carbocycles. The molecule has 1 aromatic rings. The lowest BCUT2D eigenvalue weighted by molar-refractivity contribution is -0.138. The molecule has 1 N–H and O–H groups in total. The summed E-state index contributed by atoms with van der Waals surface area (Å²) in [4.78, 5) is 22.1. The number of carbonyl (C=O) groups excluding carboxylic acids is 1. The lowest BCUT2D eigenvalue weighted by atomic mass is 10.2. The lowest BCUT2D eigenvalue weighted by Crippen LogP contribution is -2.26. The maximum Gasteiger partial charge on any atom is 0.319 e. The highest BCUT2D eigenvalue weighted by molar-refractivity contribution is 8.01. The van der Waals surface area contributed by atoms with Gasteiger partial charge in [0.1, 0.15) is 11.0 Å². The zero-order valence-electron chi connectivity index (χ0n) is 8.56. The second kappa shape index (κ2) is 4.49. The number of benzene rings is 1. The van der Waals surface area contributed by atoms with E-state index < -0.39 is 10.7 Å². The number of rotatable bonds is 4. The van der Waals surface area contributed by atoms with E-state index >= 15 is 0 Å². The van der Waals surface area contributed by atoms with Crippen LogP contribution in [0.1, 0.15) is 24.2 Å². The Hall–Kier alpha value is -1.29. The molecule has 1 rings (SSSR count). The summed E-state index contributed by atoms with van der Waals surface area (Å²) >= 11 is 1.26. The van der Waals surface area contributed by atoms with Crippen molar-refractivity contribution >= 4 is 24.0 Å². The van der Waals surface area contributed by atoms with Gasteiger partial charge in [-0.3, -0.25) is 9.59 Å². The smallest absolute Gasteiger partial charge is 0.319 e. The number of aliphatic carboxylic acids is 1. The summed E-state index contributed by atoms with van der Waals surface area (Å²) in [6.07, 6.45) is 0.761. The molecule has 0 radical (unpaired) electrons. The van der Waals surface area contributed by atoms with Crippen molar-refractivity contribution in [3.63, 3.8) is 0 Å². The Morgan fingerprint density at radius 2 is 1.87 bits per heavy atom. The van der Waals surface area contributed by atoms with Gasteiger partial charge in [0.25, 0.3) is 0 Å². The van der Waals surface area contributed by atoms with Crippen LogP contribution in [-0.4, -0.2) is 22.1 Å². The molecule has 0 fully saturated rings.